The summed E-state index contributed by atoms with van der Waals surface area (Å²) in [4.78, 5) is 0. The van der Waals surface area contributed by atoms with Gasteiger partial charge in [0.25, 0.3) is 0 Å². The van der Waals surface area contributed by atoms with Crippen LogP contribution in [0, 0.1) is 17.4 Å². The fraction of sp³-hybridized carbons (Fsp3) is 0.125. The molecule has 0 unspecified atom stereocenters. The van der Waals surface area contributed by atoms with Crippen LogP contribution in [0.2, 0.25) is 0 Å². The quantitative estimate of drug-likeness (QED) is 0.733. The number of hydrogen-bond donors (Lipinski definition) is 0. The van der Waals surface area contributed by atoms with E-state index in [0.29, 0.717) is 0 Å². The maximum absolute atomic E-state index is 12.6. The Morgan fingerprint density at radius 2 is 1.85 bits per heavy atom. The van der Waals surface area contributed by atoms with Gasteiger partial charge in [-0.25, -0.2) is 17.2 Å². The largest absolute Gasteiger partial charge is 0.228 e. The van der Waals surface area contributed by atoms with Crippen molar-refractivity contribution >= 4 is 9.84 Å². The van der Waals surface area contributed by atoms with E-state index in [9.17, 15) is 17.2 Å². The molecule has 0 aliphatic heterocycles. The van der Waals surface area contributed by atoms with Crippen molar-refractivity contribution in [3.63, 3.8) is 0 Å². The summed E-state index contributed by atoms with van der Waals surface area (Å²) >= 11 is 0. The first-order valence-corrected chi connectivity index (χ1v) is 5.34. The molecule has 0 aliphatic rings. The molecule has 0 bridgehead atoms. The van der Waals surface area contributed by atoms with Gasteiger partial charge in [-0.1, -0.05) is 6.07 Å². The van der Waals surface area contributed by atoms with Crippen LogP contribution in [0.4, 0.5) is 8.78 Å². The zero-order chi connectivity index (χ0) is 10.1. The van der Waals surface area contributed by atoms with Crippen LogP contribution in [0.3, 0.4) is 0 Å². The van der Waals surface area contributed by atoms with Crippen LogP contribution in [0.5, 0.6) is 0 Å². The molecule has 2 nitrogen and oxygen atoms in total. The molecule has 0 aromatic heterocycles. The zero-order valence-electron chi connectivity index (χ0n) is 6.79. The lowest BCUT2D eigenvalue weighted by molar-refractivity contribution is 0.508. The van der Waals surface area contributed by atoms with Crippen molar-refractivity contribution < 1.29 is 17.2 Å². The Morgan fingerprint density at radius 3 is 2.31 bits per heavy atom. The van der Waals surface area contributed by atoms with E-state index in [-0.39, 0.29) is 5.56 Å². The van der Waals surface area contributed by atoms with Gasteiger partial charge in [-0.05, 0) is 17.7 Å². The van der Waals surface area contributed by atoms with Gasteiger partial charge in [-0.15, -0.1) is 0 Å². The molecule has 0 spiro atoms. The van der Waals surface area contributed by atoms with Crippen molar-refractivity contribution in [2.24, 2.45) is 0 Å². The van der Waals surface area contributed by atoms with Crippen molar-refractivity contribution in [3.8, 4) is 0 Å². The Labute approximate surface area is 75.1 Å². The first kappa shape index (κ1) is 10.1. The first-order chi connectivity index (χ1) is 5.88. The number of rotatable bonds is 2. The van der Waals surface area contributed by atoms with E-state index in [1.807, 2.05) is 0 Å². The molecule has 1 radical (unpaired) electrons. The monoisotopic (exact) mass is 205 g/mol. The predicted octanol–water partition coefficient (Wildman–Crippen LogP) is 1.52. The fourth-order valence-electron chi connectivity index (χ4n) is 0.833. The SMILES string of the molecule is CS(=O)(=O)[CH]c1ccc(F)c(F)c1. The third-order valence-corrected chi connectivity index (χ3v) is 1.99. The maximum atomic E-state index is 12.6. The third kappa shape index (κ3) is 3.10. The average Bonchev–Trinajstić information content (AvgIpc) is 1.94. The second kappa shape index (κ2) is 3.41. The van der Waals surface area contributed by atoms with Crippen LogP contribution in [0.25, 0.3) is 0 Å². The van der Waals surface area contributed by atoms with Crippen molar-refractivity contribution in [1.29, 1.82) is 0 Å². The predicted molar refractivity (Wildman–Crippen MR) is 44.6 cm³/mol. The topological polar surface area (TPSA) is 34.1 Å². The minimum Gasteiger partial charge on any atom is -0.228 e. The molecule has 0 fully saturated rings. The summed E-state index contributed by atoms with van der Waals surface area (Å²) in [6.45, 7) is 0. The van der Waals surface area contributed by atoms with Crippen LogP contribution < -0.4 is 0 Å². The van der Waals surface area contributed by atoms with Crippen LogP contribution in [0.15, 0.2) is 18.2 Å². The van der Waals surface area contributed by atoms with Crippen molar-refractivity contribution in [3.05, 3.63) is 41.1 Å². The van der Waals surface area contributed by atoms with Crippen LogP contribution in [-0.2, 0) is 9.84 Å². The standard InChI is InChI=1S/C8H7F2O2S/c1-13(11,12)5-6-2-3-7(9)8(10)4-6/h2-5H,1H3. The van der Waals surface area contributed by atoms with E-state index in [2.05, 4.69) is 0 Å². The fourth-order valence-corrected chi connectivity index (χ4v) is 1.47. The molecule has 0 N–H and O–H groups in total. The molecule has 0 amide bonds. The second-order valence-electron chi connectivity index (χ2n) is 2.62. The summed E-state index contributed by atoms with van der Waals surface area (Å²) in [5.74, 6) is -1.18. The Bertz CT molecular complexity index is 412. The lowest BCUT2D eigenvalue weighted by atomic mass is 10.2. The van der Waals surface area contributed by atoms with Gasteiger partial charge in [0.15, 0.2) is 21.5 Å². The summed E-state index contributed by atoms with van der Waals surface area (Å²) < 4.78 is 46.4. The minimum absolute atomic E-state index is 0.126. The van der Waals surface area contributed by atoms with Crippen molar-refractivity contribution in [2.45, 2.75) is 0 Å². The van der Waals surface area contributed by atoms with Gasteiger partial charge in [-0.2, -0.15) is 0 Å². The summed E-state index contributed by atoms with van der Waals surface area (Å²) in [6, 6.07) is 2.90. The lowest BCUT2D eigenvalue weighted by Gasteiger charge is -1.98. The minimum atomic E-state index is -3.32. The number of hydrogen-bond acceptors (Lipinski definition) is 2. The zero-order valence-corrected chi connectivity index (χ0v) is 7.61. The highest BCUT2D eigenvalue weighted by atomic mass is 32.2. The molecule has 0 saturated carbocycles. The van der Waals surface area contributed by atoms with E-state index in [4.69, 9.17) is 0 Å². The molecule has 5 heteroatoms. The average molecular weight is 205 g/mol. The molecule has 0 atom stereocenters. The maximum Gasteiger partial charge on any atom is 0.159 e. The van der Waals surface area contributed by atoms with Crippen LogP contribution >= 0.6 is 0 Å². The summed E-state index contributed by atoms with van der Waals surface area (Å²) in [5, 5.41) is 0. The van der Waals surface area contributed by atoms with E-state index in [1.165, 1.54) is 6.07 Å². The van der Waals surface area contributed by atoms with E-state index in [0.717, 1.165) is 24.1 Å². The van der Waals surface area contributed by atoms with Gasteiger partial charge in [0, 0.05) is 6.26 Å². The second-order valence-corrected chi connectivity index (χ2v) is 4.52. The Balaban J connectivity index is 2.99. The molecule has 1 rings (SSSR count). The van der Waals surface area contributed by atoms with Gasteiger partial charge in [-0.3, -0.25) is 0 Å². The van der Waals surface area contributed by atoms with E-state index in [1.54, 1.807) is 0 Å². The summed E-state index contributed by atoms with van der Waals surface area (Å²) in [7, 11) is -3.32. The number of halogens is 2. The van der Waals surface area contributed by atoms with E-state index < -0.39 is 21.5 Å². The Morgan fingerprint density at radius 1 is 1.23 bits per heavy atom. The first-order valence-electron chi connectivity index (χ1n) is 3.38. The highest BCUT2D eigenvalue weighted by molar-refractivity contribution is 7.92. The Hall–Kier alpha value is -0.970. The van der Waals surface area contributed by atoms with E-state index >= 15 is 0 Å². The van der Waals surface area contributed by atoms with Gasteiger partial charge in [0.05, 0.1) is 0 Å². The molecule has 0 aliphatic carbocycles. The molecular formula is C8H7F2O2S. The molecule has 0 saturated heterocycles. The van der Waals surface area contributed by atoms with Gasteiger partial charge < -0.3 is 0 Å². The van der Waals surface area contributed by atoms with Crippen LogP contribution in [0.1, 0.15) is 5.56 Å². The molecule has 1 aromatic rings. The Kier molecular flexibility index (Phi) is 2.66. The normalized spacial score (nSPS) is 11.6. The van der Waals surface area contributed by atoms with Crippen molar-refractivity contribution in [2.75, 3.05) is 6.26 Å². The number of sulfone groups is 1. The molecule has 1 aromatic carbocycles. The summed E-state index contributed by atoms with van der Waals surface area (Å²) in [5.41, 5.74) is 0.126. The number of benzene rings is 1. The van der Waals surface area contributed by atoms with Gasteiger partial charge in [0.2, 0.25) is 0 Å². The van der Waals surface area contributed by atoms with Crippen molar-refractivity contribution in [1.82, 2.24) is 0 Å². The van der Waals surface area contributed by atoms with Crippen LogP contribution in [-0.4, -0.2) is 14.7 Å². The smallest absolute Gasteiger partial charge is 0.159 e. The third-order valence-electron chi connectivity index (χ3n) is 1.29. The molecule has 13 heavy (non-hydrogen) atoms. The van der Waals surface area contributed by atoms with Gasteiger partial charge >= 0.3 is 0 Å². The summed E-state index contributed by atoms with van der Waals surface area (Å²) in [6.07, 6.45) is 0.980. The highest BCUT2D eigenvalue weighted by Gasteiger charge is 2.08. The highest BCUT2D eigenvalue weighted by Crippen LogP contribution is 2.12. The van der Waals surface area contributed by atoms with Gasteiger partial charge in [0.1, 0.15) is 5.75 Å². The molecule has 0 heterocycles. The lowest BCUT2D eigenvalue weighted by Crippen LogP contribution is -1.98. The molecule has 71 valence electrons. The molecular weight excluding hydrogens is 198 g/mol.